The lowest BCUT2D eigenvalue weighted by Crippen LogP contribution is -1.92. The molecule has 58 valence electrons. The zero-order valence-electron chi connectivity index (χ0n) is 6.63. The Kier molecular flexibility index (Phi) is 0.959. The first-order valence-corrected chi connectivity index (χ1v) is 4.23. The molecule has 1 aromatic carbocycles. The molecular formula is C11H8O. The standard InChI is InChI=1S/C11H8O/c12-10-6-8-5-4-7-2-1-3-9(10)11(7)8/h1-3,6H,4-5H2. The van der Waals surface area contributed by atoms with E-state index in [2.05, 4.69) is 6.07 Å². The second-order valence-electron chi connectivity index (χ2n) is 3.37. The third kappa shape index (κ3) is 0.572. The van der Waals surface area contributed by atoms with Gasteiger partial charge in [0, 0.05) is 5.56 Å². The molecule has 0 amide bonds. The van der Waals surface area contributed by atoms with E-state index in [0.717, 1.165) is 18.4 Å². The summed E-state index contributed by atoms with van der Waals surface area (Å²) in [5.41, 5.74) is 4.76. The van der Waals surface area contributed by atoms with Crippen LogP contribution in [0.25, 0.3) is 5.57 Å². The van der Waals surface area contributed by atoms with Crippen molar-refractivity contribution in [1.82, 2.24) is 0 Å². The van der Waals surface area contributed by atoms with Crippen molar-refractivity contribution in [3.63, 3.8) is 0 Å². The number of carbonyl (C=O) groups excluding carboxylic acids is 1. The molecule has 0 N–H and O–H groups in total. The van der Waals surface area contributed by atoms with Crippen molar-refractivity contribution in [3.05, 3.63) is 41.0 Å². The fraction of sp³-hybridized carbons (Fsp3) is 0.182. The molecule has 2 aliphatic rings. The van der Waals surface area contributed by atoms with Crippen molar-refractivity contribution in [2.45, 2.75) is 12.8 Å². The first-order valence-electron chi connectivity index (χ1n) is 4.23. The minimum atomic E-state index is 0.196. The molecule has 0 saturated carbocycles. The maximum atomic E-state index is 11.4. The van der Waals surface area contributed by atoms with Gasteiger partial charge in [0.05, 0.1) is 0 Å². The zero-order valence-corrected chi connectivity index (χ0v) is 6.63. The van der Waals surface area contributed by atoms with E-state index >= 15 is 0 Å². The van der Waals surface area contributed by atoms with Gasteiger partial charge in [0.1, 0.15) is 0 Å². The summed E-state index contributed by atoms with van der Waals surface area (Å²) in [6, 6.07) is 6.03. The molecule has 0 fully saturated rings. The van der Waals surface area contributed by atoms with E-state index in [1.807, 2.05) is 12.1 Å². The van der Waals surface area contributed by atoms with E-state index in [0.29, 0.717) is 0 Å². The highest BCUT2D eigenvalue weighted by Gasteiger charge is 2.27. The Morgan fingerprint density at radius 2 is 2.08 bits per heavy atom. The molecule has 0 spiro atoms. The van der Waals surface area contributed by atoms with Gasteiger partial charge in [-0.3, -0.25) is 4.79 Å². The maximum absolute atomic E-state index is 11.4. The van der Waals surface area contributed by atoms with Crippen LogP contribution in [0.4, 0.5) is 0 Å². The Balaban J connectivity index is 2.43. The van der Waals surface area contributed by atoms with Crippen LogP contribution in [0.1, 0.15) is 27.9 Å². The number of ketones is 1. The number of benzene rings is 1. The highest BCUT2D eigenvalue weighted by atomic mass is 16.1. The lowest BCUT2D eigenvalue weighted by Gasteiger charge is -1.98. The van der Waals surface area contributed by atoms with Gasteiger partial charge < -0.3 is 0 Å². The fourth-order valence-corrected chi connectivity index (χ4v) is 2.17. The number of aryl methyl sites for hydroxylation is 1. The van der Waals surface area contributed by atoms with E-state index in [4.69, 9.17) is 0 Å². The molecule has 0 radical (unpaired) electrons. The minimum absolute atomic E-state index is 0.196. The Labute approximate surface area is 70.7 Å². The van der Waals surface area contributed by atoms with Gasteiger partial charge in [0.2, 0.25) is 0 Å². The summed E-state index contributed by atoms with van der Waals surface area (Å²) in [4.78, 5) is 11.4. The Bertz CT molecular complexity index is 413. The number of carbonyl (C=O) groups is 1. The first-order chi connectivity index (χ1) is 5.86. The van der Waals surface area contributed by atoms with E-state index in [-0.39, 0.29) is 5.78 Å². The number of hydrogen-bond acceptors (Lipinski definition) is 1. The smallest absolute Gasteiger partial charge is 0.186 e. The topological polar surface area (TPSA) is 17.1 Å². The van der Waals surface area contributed by atoms with Crippen LogP contribution in [0.3, 0.4) is 0 Å². The molecule has 0 aliphatic heterocycles. The molecule has 1 heteroatoms. The Morgan fingerprint density at radius 1 is 1.17 bits per heavy atom. The minimum Gasteiger partial charge on any atom is -0.289 e. The molecule has 0 heterocycles. The number of allylic oxidation sites excluding steroid dienone is 2. The van der Waals surface area contributed by atoms with Crippen LogP contribution in [0, 0.1) is 0 Å². The van der Waals surface area contributed by atoms with Gasteiger partial charge in [0.15, 0.2) is 5.78 Å². The van der Waals surface area contributed by atoms with Crippen molar-refractivity contribution < 1.29 is 4.79 Å². The first kappa shape index (κ1) is 6.18. The molecule has 0 saturated heterocycles. The zero-order chi connectivity index (χ0) is 8.13. The number of rotatable bonds is 0. The molecule has 1 nitrogen and oxygen atoms in total. The van der Waals surface area contributed by atoms with Gasteiger partial charge in [-0.1, -0.05) is 18.2 Å². The van der Waals surface area contributed by atoms with Crippen molar-refractivity contribution >= 4 is 11.4 Å². The van der Waals surface area contributed by atoms with Crippen molar-refractivity contribution in [3.8, 4) is 0 Å². The van der Waals surface area contributed by atoms with Crippen molar-refractivity contribution in [2.75, 3.05) is 0 Å². The third-order valence-corrected chi connectivity index (χ3v) is 2.71. The van der Waals surface area contributed by atoms with Crippen LogP contribution in [0.5, 0.6) is 0 Å². The fourth-order valence-electron chi connectivity index (χ4n) is 2.17. The normalized spacial score (nSPS) is 18.0. The summed E-state index contributed by atoms with van der Waals surface area (Å²) >= 11 is 0. The summed E-state index contributed by atoms with van der Waals surface area (Å²) in [6.07, 6.45) is 3.96. The largest absolute Gasteiger partial charge is 0.289 e. The van der Waals surface area contributed by atoms with Crippen LogP contribution in [-0.2, 0) is 6.42 Å². The number of hydrogen-bond donors (Lipinski definition) is 0. The summed E-state index contributed by atoms with van der Waals surface area (Å²) in [5.74, 6) is 0.196. The molecule has 2 aliphatic carbocycles. The summed E-state index contributed by atoms with van der Waals surface area (Å²) in [7, 11) is 0. The van der Waals surface area contributed by atoms with Crippen molar-refractivity contribution in [1.29, 1.82) is 0 Å². The van der Waals surface area contributed by atoms with Crippen LogP contribution < -0.4 is 0 Å². The van der Waals surface area contributed by atoms with Gasteiger partial charge in [-0.2, -0.15) is 0 Å². The third-order valence-electron chi connectivity index (χ3n) is 2.71. The second-order valence-corrected chi connectivity index (χ2v) is 3.37. The predicted molar refractivity (Wildman–Crippen MR) is 47.1 cm³/mol. The van der Waals surface area contributed by atoms with Crippen molar-refractivity contribution in [2.24, 2.45) is 0 Å². The van der Waals surface area contributed by atoms with E-state index in [1.54, 1.807) is 6.08 Å². The summed E-state index contributed by atoms with van der Waals surface area (Å²) in [5, 5.41) is 0. The SMILES string of the molecule is O=C1C=C2CCc3cccc1c32. The van der Waals surface area contributed by atoms with E-state index < -0.39 is 0 Å². The maximum Gasteiger partial charge on any atom is 0.186 e. The molecule has 0 unspecified atom stereocenters. The second kappa shape index (κ2) is 1.86. The predicted octanol–water partition coefficient (Wildman–Crippen LogP) is 2.21. The molecule has 12 heavy (non-hydrogen) atoms. The Morgan fingerprint density at radius 3 is 3.00 bits per heavy atom. The van der Waals surface area contributed by atoms with Gasteiger partial charge >= 0.3 is 0 Å². The van der Waals surface area contributed by atoms with Gasteiger partial charge in [0.25, 0.3) is 0 Å². The highest BCUT2D eigenvalue weighted by molar-refractivity contribution is 6.17. The molecule has 0 bridgehead atoms. The van der Waals surface area contributed by atoms with Gasteiger partial charge in [-0.05, 0) is 35.6 Å². The molecule has 0 aromatic heterocycles. The molecule has 3 rings (SSSR count). The van der Waals surface area contributed by atoms with Crippen LogP contribution in [0.15, 0.2) is 24.3 Å². The molecular weight excluding hydrogens is 148 g/mol. The quantitative estimate of drug-likeness (QED) is 0.562. The van der Waals surface area contributed by atoms with Crippen LogP contribution >= 0.6 is 0 Å². The van der Waals surface area contributed by atoms with Gasteiger partial charge in [-0.15, -0.1) is 0 Å². The van der Waals surface area contributed by atoms with Gasteiger partial charge in [-0.25, -0.2) is 0 Å². The highest BCUT2D eigenvalue weighted by Crippen LogP contribution is 2.39. The molecule has 1 aromatic rings. The van der Waals surface area contributed by atoms with E-state index in [9.17, 15) is 4.79 Å². The monoisotopic (exact) mass is 156 g/mol. The lowest BCUT2D eigenvalue weighted by molar-refractivity contribution is 0.105. The summed E-state index contributed by atoms with van der Waals surface area (Å²) < 4.78 is 0. The lowest BCUT2D eigenvalue weighted by atomic mass is 10.0. The average molecular weight is 156 g/mol. The van der Waals surface area contributed by atoms with Crippen LogP contribution in [-0.4, -0.2) is 5.78 Å². The average Bonchev–Trinajstić information content (AvgIpc) is 2.61. The molecule has 0 atom stereocenters. The van der Waals surface area contributed by atoms with Crippen LogP contribution in [0.2, 0.25) is 0 Å². The van der Waals surface area contributed by atoms with E-state index in [1.165, 1.54) is 16.7 Å². The Hall–Kier alpha value is -1.37. The summed E-state index contributed by atoms with van der Waals surface area (Å²) in [6.45, 7) is 0.